The quantitative estimate of drug-likeness (QED) is 0.400. The van der Waals surface area contributed by atoms with Crippen LogP contribution in [-0.2, 0) is 0 Å². The van der Waals surface area contributed by atoms with E-state index in [1.54, 1.807) is 6.92 Å². The van der Waals surface area contributed by atoms with Crippen molar-refractivity contribution in [3.8, 4) is 0 Å². The van der Waals surface area contributed by atoms with Gasteiger partial charge in [0.15, 0.2) is 5.34 Å². The lowest BCUT2D eigenvalue weighted by Gasteiger charge is -1.90. The summed E-state index contributed by atoms with van der Waals surface area (Å²) in [7, 11) is 0. The molecule has 50 valence electrons. The van der Waals surface area contributed by atoms with E-state index in [1.807, 2.05) is 6.92 Å². The first-order valence-corrected chi connectivity index (χ1v) is 2.33. The lowest BCUT2D eigenvalue weighted by atomic mass is 10.3. The van der Waals surface area contributed by atoms with Gasteiger partial charge in [0.25, 0.3) is 0 Å². The zero-order valence-electron chi connectivity index (χ0n) is 5.03. The fourth-order valence-corrected chi connectivity index (χ4v) is 0. The van der Waals surface area contributed by atoms with Gasteiger partial charge in [-0.2, -0.15) is 0 Å². The van der Waals surface area contributed by atoms with E-state index in [-0.39, 0.29) is 6.10 Å². The summed E-state index contributed by atoms with van der Waals surface area (Å²) in [5.74, 6) is 0. The van der Waals surface area contributed by atoms with Crippen LogP contribution in [-0.4, -0.2) is 16.4 Å². The number of aliphatic hydroxyl groups is 1. The van der Waals surface area contributed by atoms with Crippen LogP contribution < -0.4 is 0 Å². The zero-order valence-corrected chi connectivity index (χ0v) is 5.03. The van der Waals surface area contributed by atoms with Crippen molar-refractivity contribution in [1.82, 2.24) is 0 Å². The Balaban J connectivity index is 0. The summed E-state index contributed by atoms with van der Waals surface area (Å²) in [5, 5.41) is 16.2. The first-order chi connectivity index (χ1) is 3.68. The molecule has 1 atom stereocenters. The second kappa shape index (κ2) is 9.61. The highest BCUT2D eigenvalue weighted by atomic mass is 16.6. The van der Waals surface area contributed by atoms with Crippen LogP contribution in [0.25, 0.3) is 0 Å². The Morgan fingerprint density at radius 2 is 1.88 bits per heavy atom. The highest BCUT2D eigenvalue weighted by Gasteiger charge is 1.81. The van der Waals surface area contributed by atoms with Crippen molar-refractivity contribution >= 4 is 0 Å². The Hall–Kier alpha value is -0.640. The molecule has 0 heterocycles. The topological polar surface area (TPSA) is 69.9 Å². The summed E-state index contributed by atoms with van der Waals surface area (Å²) in [5.41, 5.74) is 0. The fraction of sp³-hybridized carbons (Fsp3) is 1.00. The van der Waals surface area contributed by atoms with Crippen LogP contribution in [0, 0.1) is 4.91 Å². The van der Waals surface area contributed by atoms with Gasteiger partial charge in [0.1, 0.15) is 0 Å². The van der Waals surface area contributed by atoms with Crippen LogP contribution in [0.5, 0.6) is 0 Å². The van der Waals surface area contributed by atoms with Gasteiger partial charge in [-0.05, 0) is 13.3 Å². The predicted octanol–water partition coefficient (Wildman–Crippen LogP) is 0.919. The molecule has 8 heavy (non-hydrogen) atoms. The minimum absolute atomic E-state index is 0.116. The molecular weight excluding hydrogens is 110 g/mol. The van der Waals surface area contributed by atoms with Gasteiger partial charge in [-0.1, -0.05) is 6.92 Å². The summed E-state index contributed by atoms with van der Waals surface area (Å²) in [4.78, 5) is 8.11. The van der Waals surface area contributed by atoms with Crippen molar-refractivity contribution < 1.29 is 10.3 Å². The van der Waals surface area contributed by atoms with Crippen molar-refractivity contribution in [3.05, 3.63) is 4.91 Å². The molecular formula is C4H11NO3. The lowest BCUT2D eigenvalue weighted by molar-refractivity contribution is 0.191. The largest absolute Gasteiger partial charge is 0.393 e. The van der Waals surface area contributed by atoms with Crippen molar-refractivity contribution in [2.75, 3.05) is 0 Å². The Morgan fingerprint density at radius 1 is 1.75 bits per heavy atom. The van der Waals surface area contributed by atoms with Crippen molar-refractivity contribution in [3.63, 3.8) is 0 Å². The molecule has 2 N–H and O–H groups in total. The Morgan fingerprint density at radius 3 is 1.88 bits per heavy atom. The van der Waals surface area contributed by atoms with E-state index >= 15 is 0 Å². The number of rotatable bonds is 1. The molecule has 0 aromatic heterocycles. The standard InChI is InChI=1S/C4H10O.HNO2/c1-3-4(2)5;2-1-3/h4-5H,3H2,1-2H3;(H,2,3). The van der Waals surface area contributed by atoms with Gasteiger partial charge < -0.3 is 10.3 Å². The van der Waals surface area contributed by atoms with Crippen LogP contribution in [0.1, 0.15) is 20.3 Å². The molecule has 4 heteroatoms. The number of aliphatic hydroxyl groups excluding tert-OH is 1. The highest BCUT2D eigenvalue weighted by Crippen LogP contribution is 1.81. The van der Waals surface area contributed by atoms with E-state index in [9.17, 15) is 0 Å². The van der Waals surface area contributed by atoms with Crippen LogP contribution >= 0.6 is 0 Å². The predicted molar refractivity (Wildman–Crippen MR) is 29.6 cm³/mol. The average molecular weight is 121 g/mol. The van der Waals surface area contributed by atoms with Gasteiger partial charge in [0.2, 0.25) is 0 Å². The molecule has 0 rings (SSSR count). The van der Waals surface area contributed by atoms with Gasteiger partial charge in [-0.15, -0.1) is 4.91 Å². The van der Waals surface area contributed by atoms with Gasteiger partial charge in [0.05, 0.1) is 6.10 Å². The summed E-state index contributed by atoms with van der Waals surface area (Å²) >= 11 is 0. The molecule has 0 aromatic rings. The third kappa shape index (κ3) is 55.1. The van der Waals surface area contributed by atoms with Gasteiger partial charge in [-0.25, -0.2) is 0 Å². The molecule has 0 bridgehead atoms. The summed E-state index contributed by atoms with van der Waals surface area (Å²) in [6.45, 7) is 3.73. The maximum atomic E-state index is 8.36. The van der Waals surface area contributed by atoms with Gasteiger partial charge >= 0.3 is 0 Å². The first-order valence-electron chi connectivity index (χ1n) is 2.33. The normalized spacial score (nSPS) is 10.9. The molecule has 1 unspecified atom stereocenters. The average Bonchev–Trinajstić information content (AvgIpc) is 1.69. The first kappa shape index (κ1) is 10.4. The Labute approximate surface area is 48.1 Å². The van der Waals surface area contributed by atoms with Crippen molar-refractivity contribution in [2.24, 2.45) is 5.34 Å². The van der Waals surface area contributed by atoms with E-state index in [0.29, 0.717) is 0 Å². The molecule has 0 saturated heterocycles. The van der Waals surface area contributed by atoms with Crippen LogP contribution in [0.4, 0.5) is 0 Å². The van der Waals surface area contributed by atoms with Crippen LogP contribution in [0.3, 0.4) is 0 Å². The van der Waals surface area contributed by atoms with Crippen molar-refractivity contribution in [1.29, 1.82) is 0 Å². The molecule has 0 fully saturated rings. The fourth-order valence-electron chi connectivity index (χ4n) is 0. The summed E-state index contributed by atoms with van der Waals surface area (Å²) in [6.07, 6.45) is 0.745. The van der Waals surface area contributed by atoms with E-state index < -0.39 is 0 Å². The molecule has 0 aliphatic heterocycles. The third-order valence-electron chi connectivity index (χ3n) is 0.591. The lowest BCUT2D eigenvalue weighted by Crippen LogP contribution is -1.93. The monoisotopic (exact) mass is 121 g/mol. The van der Waals surface area contributed by atoms with Crippen LogP contribution in [0.15, 0.2) is 5.34 Å². The molecule has 0 aromatic carbocycles. The SMILES string of the molecule is CCC(C)O.O=NO. The molecule has 0 amide bonds. The van der Waals surface area contributed by atoms with E-state index in [0.717, 1.165) is 6.42 Å². The highest BCUT2D eigenvalue weighted by molar-refractivity contribution is 4.34. The second-order valence-corrected chi connectivity index (χ2v) is 1.34. The minimum Gasteiger partial charge on any atom is -0.393 e. The molecule has 4 nitrogen and oxygen atoms in total. The number of hydrogen-bond acceptors (Lipinski definition) is 3. The molecule has 0 aliphatic rings. The zero-order chi connectivity index (χ0) is 6.99. The minimum atomic E-state index is -0.116. The maximum absolute atomic E-state index is 8.36. The number of nitrogens with zero attached hydrogens (tertiary/aromatic N) is 1. The molecule has 0 spiro atoms. The van der Waals surface area contributed by atoms with Gasteiger partial charge in [-0.3, -0.25) is 0 Å². The summed E-state index contributed by atoms with van der Waals surface area (Å²) < 4.78 is 0. The van der Waals surface area contributed by atoms with Gasteiger partial charge in [0, 0.05) is 0 Å². The third-order valence-corrected chi connectivity index (χ3v) is 0.591. The maximum Gasteiger partial charge on any atom is 0.152 e. The van der Waals surface area contributed by atoms with E-state index in [4.69, 9.17) is 15.2 Å². The smallest absolute Gasteiger partial charge is 0.152 e. The molecule has 0 aliphatic carbocycles. The van der Waals surface area contributed by atoms with Crippen LogP contribution in [0.2, 0.25) is 0 Å². The second-order valence-electron chi connectivity index (χ2n) is 1.34. The molecule has 0 radical (unpaired) electrons. The van der Waals surface area contributed by atoms with E-state index in [1.165, 1.54) is 5.34 Å². The summed E-state index contributed by atoms with van der Waals surface area (Å²) in [6, 6.07) is 0. The Bertz CT molecular complexity index is 46.5. The van der Waals surface area contributed by atoms with E-state index in [2.05, 4.69) is 0 Å². The number of hydrogen-bond donors (Lipinski definition) is 2. The Kier molecular flexibility index (Phi) is 12.5. The van der Waals surface area contributed by atoms with Crippen molar-refractivity contribution in [2.45, 2.75) is 26.4 Å². The molecule has 0 saturated carbocycles.